The van der Waals surface area contributed by atoms with E-state index in [1.807, 2.05) is 36.6 Å². The Kier molecular flexibility index (Phi) is 4.36. The van der Waals surface area contributed by atoms with Gasteiger partial charge in [0, 0.05) is 23.6 Å². The van der Waals surface area contributed by atoms with E-state index in [0.717, 1.165) is 37.1 Å². The molecule has 4 rings (SSSR count). The summed E-state index contributed by atoms with van der Waals surface area (Å²) in [7, 11) is 0. The predicted octanol–water partition coefficient (Wildman–Crippen LogP) is 3.06. The van der Waals surface area contributed by atoms with Gasteiger partial charge >= 0.3 is 6.08 Å². The first-order valence-electron chi connectivity index (χ1n) is 8.92. The lowest BCUT2D eigenvalue weighted by molar-refractivity contribution is 0.0845. The zero-order valence-electron chi connectivity index (χ0n) is 14.9. The van der Waals surface area contributed by atoms with Crippen molar-refractivity contribution in [2.24, 2.45) is 0 Å². The summed E-state index contributed by atoms with van der Waals surface area (Å²) in [4.78, 5) is 21.2. The number of rotatable bonds is 4. The van der Waals surface area contributed by atoms with Crippen LogP contribution in [0.2, 0.25) is 0 Å². The molecule has 3 heterocycles. The highest BCUT2D eigenvalue weighted by Gasteiger charge is 2.25. The number of amides is 1. The Morgan fingerprint density at radius 2 is 2.12 bits per heavy atom. The van der Waals surface area contributed by atoms with Crippen LogP contribution in [-0.2, 0) is 0 Å². The lowest BCUT2D eigenvalue weighted by Crippen LogP contribution is -2.39. The number of oxazole rings is 1. The smallest absolute Gasteiger partial charge is 0.393 e. The van der Waals surface area contributed by atoms with Gasteiger partial charge in [-0.05, 0) is 51.7 Å². The highest BCUT2D eigenvalue weighted by atomic mass is 16.6. The van der Waals surface area contributed by atoms with Crippen LogP contribution in [0, 0.1) is 13.8 Å². The highest BCUT2D eigenvalue weighted by molar-refractivity contribution is 6.00. The molecule has 0 radical (unpaired) electrons. The summed E-state index contributed by atoms with van der Waals surface area (Å²) in [6, 6.07) is 3.98. The SMILES string of the molecule is Cc1cc(C)n2ccc(C(=O)NC3CCC(Oc4ncco4)CC3)c2n1. The molecule has 3 aromatic rings. The van der Waals surface area contributed by atoms with Crippen LogP contribution in [-0.4, -0.2) is 32.4 Å². The van der Waals surface area contributed by atoms with Crippen LogP contribution in [0.5, 0.6) is 6.08 Å². The standard InChI is InChI=1S/C19H22N4O3/c1-12-11-13(2)23-9-7-16(17(23)21-12)18(24)22-14-3-5-15(6-4-14)26-19-20-8-10-25-19/h7-11,14-15H,3-6H2,1-2H3,(H,22,24). The van der Waals surface area contributed by atoms with E-state index in [2.05, 4.69) is 15.3 Å². The van der Waals surface area contributed by atoms with Crippen molar-refractivity contribution >= 4 is 11.6 Å². The number of aromatic nitrogens is 3. The highest BCUT2D eigenvalue weighted by Crippen LogP contribution is 2.23. The molecule has 1 fully saturated rings. The van der Waals surface area contributed by atoms with Gasteiger partial charge in [-0.1, -0.05) is 0 Å². The molecule has 0 bridgehead atoms. The van der Waals surface area contributed by atoms with Crippen LogP contribution in [0.25, 0.3) is 5.65 Å². The number of hydrogen-bond donors (Lipinski definition) is 1. The van der Waals surface area contributed by atoms with Crippen LogP contribution in [0.15, 0.2) is 35.2 Å². The zero-order chi connectivity index (χ0) is 18.1. The second kappa shape index (κ2) is 6.82. The van der Waals surface area contributed by atoms with E-state index in [4.69, 9.17) is 9.15 Å². The maximum absolute atomic E-state index is 12.7. The minimum Gasteiger partial charge on any atom is -0.447 e. The molecule has 0 aliphatic heterocycles. The summed E-state index contributed by atoms with van der Waals surface area (Å²) in [6.45, 7) is 3.95. The molecule has 1 amide bonds. The Balaban J connectivity index is 1.39. The van der Waals surface area contributed by atoms with E-state index in [9.17, 15) is 4.79 Å². The van der Waals surface area contributed by atoms with Gasteiger partial charge < -0.3 is 18.9 Å². The van der Waals surface area contributed by atoms with E-state index in [1.165, 1.54) is 6.26 Å². The second-order valence-electron chi connectivity index (χ2n) is 6.82. The molecule has 0 atom stereocenters. The molecule has 136 valence electrons. The van der Waals surface area contributed by atoms with Gasteiger partial charge in [0.05, 0.1) is 11.8 Å². The fourth-order valence-electron chi connectivity index (χ4n) is 3.57. The summed E-state index contributed by atoms with van der Waals surface area (Å²) < 4.78 is 12.8. The Bertz CT molecular complexity index is 908. The number of fused-ring (bicyclic) bond motifs is 1. The first kappa shape index (κ1) is 16.6. The van der Waals surface area contributed by atoms with E-state index in [-0.39, 0.29) is 18.1 Å². The summed E-state index contributed by atoms with van der Waals surface area (Å²) >= 11 is 0. The predicted molar refractivity (Wildman–Crippen MR) is 95.3 cm³/mol. The molecule has 0 unspecified atom stereocenters. The molecule has 0 spiro atoms. The fraction of sp³-hybridized carbons (Fsp3) is 0.421. The first-order valence-corrected chi connectivity index (χ1v) is 8.92. The van der Waals surface area contributed by atoms with Crippen LogP contribution in [0.1, 0.15) is 47.4 Å². The number of aryl methyl sites for hydroxylation is 2. The molecule has 1 aliphatic rings. The van der Waals surface area contributed by atoms with Crippen molar-refractivity contribution in [3.63, 3.8) is 0 Å². The topological polar surface area (TPSA) is 81.7 Å². The van der Waals surface area contributed by atoms with Crippen molar-refractivity contribution in [2.75, 3.05) is 0 Å². The maximum atomic E-state index is 12.7. The Morgan fingerprint density at radius 3 is 2.85 bits per heavy atom. The molecule has 1 saturated carbocycles. The number of nitrogens with zero attached hydrogens (tertiary/aromatic N) is 3. The van der Waals surface area contributed by atoms with Gasteiger partial charge in [0.1, 0.15) is 18.0 Å². The number of nitrogens with one attached hydrogen (secondary N) is 1. The fourth-order valence-corrected chi connectivity index (χ4v) is 3.57. The summed E-state index contributed by atoms with van der Waals surface area (Å²) in [5, 5.41) is 3.14. The Morgan fingerprint density at radius 1 is 1.31 bits per heavy atom. The quantitative estimate of drug-likeness (QED) is 0.779. The number of hydrogen-bond acceptors (Lipinski definition) is 5. The number of carbonyl (C=O) groups excluding carboxylic acids is 1. The first-order chi connectivity index (χ1) is 12.6. The van der Waals surface area contributed by atoms with Crippen molar-refractivity contribution < 1.29 is 13.9 Å². The summed E-state index contributed by atoms with van der Waals surface area (Å²) in [6.07, 6.45) is 8.83. The van der Waals surface area contributed by atoms with Gasteiger partial charge in [0.2, 0.25) is 0 Å². The minimum atomic E-state index is -0.0675. The largest absolute Gasteiger partial charge is 0.447 e. The third kappa shape index (κ3) is 3.29. The van der Waals surface area contributed by atoms with Gasteiger partial charge in [-0.15, -0.1) is 0 Å². The van der Waals surface area contributed by atoms with E-state index in [0.29, 0.717) is 17.3 Å². The molecule has 1 N–H and O–H groups in total. The van der Waals surface area contributed by atoms with Crippen LogP contribution in [0.4, 0.5) is 0 Å². The second-order valence-corrected chi connectivity index (χ2v) is 6.82. The monoisotopic (exact) mass is 354 g/mol. The van der Waals surface area contributed by atoms with Gasteiger partial charge in [-0.2, -0.15) is 4.98 Å². The molecular formula is C19H22N4O3. The number of carbonyl (C=O) groups is 1. The van der Waals surface area contributed by atoms with Gasteiger partial charge in [-0.25, -0.2) is 4.98 Å². The third-order valence-corrected chi connectivity index (χ3v) is 4.87. The van der Waals surface area contributed by atoms with Gasteiger partial charge in [-0.3, -0.25) is 4.79 Å². The zero-order valence-corrected chi connectivity index (χ0v) is 14.9. The van der Waals surface area contributed by atoms with Gasteiger partial charge in [0.15, 0.2) is 0 Å². The molecule has 7 nitrogen and oxygen atoms in total. The van der Waals surface area contributed by atoms with Gasteiger partial charge in [0.25, 0.3) is 5.91 Å². The van der Waals surface area contributed by atoms with Crippen molar-refractivity contribution in [1.29, 1.82) is 0 Å². The average Bonchev–Trinajstić information content (AvgIpc) is 3.26. The lowest BCUT2D eigenvalue weighted by Gasteiger charge is -2.28. The van der Waals surface area contributed by atoms with E-state index < -0.39 is 0 Å². The van der Waals surface area contributed by atoms with Crippen LogP contribution < -0.4 is 10.1 Å². The normalized spacial score (nSPS) is 20.2. The third-order valence-electron chi connectivity index (χ3n) is 4.87. The maximum Gasteiger partial charge on any atom is 0.393 e. The Hall–Kier alpha value is -2.83. The van der Waals surface area contributed by atoms with Crippen molar-refractivity contribution in [2.45, 2.75) is 51.7 Å². The summed E-state index contributed by atoms with van der Waals surface area (Å²) in [5.74, 6) is -0.0675. The van der Waals surface area contributed by atoms with Crippen LogP contribution >= 0.6 is 0 Å². The molecule has 7 heteroatoms. The molecule has 0 aromatic carbocycles. The molecule has 0 saturated heterocycles. The summed E-state index contributed by atoms with van der Waals surface area (Å²) in [5.41, 5.74) is 3.30. The van der Waals surface area contributed by atoms with Crippen molar-refractivity contribution in [3.8, 4) is 6.08 Å². The lowest BCUT2D eigenvalue weighted by atomic mass is 9.93. The Labute approximate surface area is 151 Å². The molecular weight excluding hydrogens is 332 g/mol. The van der Waals surface area contributed by atoms with Crippen molar-refractivity contribution in [3.05, 3.63) is 47.7 Å². The van der Waals surface area contributed by atoms with Crippen molar-refractivity contribution in [1.82, 2.24) is 19.7 Å². The minimum absolute atomic E-state index is 0.0675. The molecule has 3 aromatic heterocycles. The molecule has 1 aliphatic carbocycles. The average molecular weight is 354 g/mol. The molecule has 26 heavy (non-hydrogen) atoms. The van der Waals surface area contributed by atoms with E-state index in [1.54, 1.807) is 6.20 Å². The number of ether oxygens (including phenoxy) is 1. The van der Waals surface area contributed by atoms with Crippen LogP contribution in [0.3, 0.4) is 0 Å². The van der Waals surface area contributed by atoms with E-state index >= 15 is 0 Å².